The fourth-order valence-electron chi connectivity index (χ4n) is 1.81. The molecule has 1 aliphatic rings. The van der Waals surface area contributed by atoms with Gasteiger partial charge in [0.2, 0.25) is 5.91 Å². The van der Waals surface area contributed by atoms with E-state index in [0.717, 1.165) is 5.69 Å². The quantitative estimate of drug-likeness (QED) is 0.841. The topological polar surface area (TPSA) is 71.1 Å². The number of aryl methyl sites for hydroxylation is 1. The third-order valence-corrected chi connectivity index (χ3v) is 3.15. The number of piperidine rings is 1. The van der Waals surface area contributed by atoms with Gasteiger partial charge in [-0.15, -0.1) is 0 Å². The van der Waals surface area contributed by atoms with E-state index in [1.807, 2.05) is 6.92 Å². The maximum absolute atomic E-state index is 12.0. The van der Waals surface area contributed by atoms with E-state index in [1.54, 1.807) is 6.07 Å². The van der Waals surface area contributed by atoms with Crippen LogP contribution in [0.25, 0.3) is 0 Å². The summed E-state index contributed by atoms with van der Waals surface area (Å²) < 4.78 is 0. The Kier molecular flexibility index (Phi) is 3.81. The molecule has 1 atom stereocenters. The molecule has 0 aliphatic carbocycles. The van der Waals surface area contributed by atoms with E-state index in [4.69, 9.17) is 11.6 Å². The summed E-state index contributed by atoms with van der Waals surface area (Å²) in [5.41, 5.74) is 1.13. The van der Waals surface area contributed by atoms with Crippen LogP contribution in [-0.4, -0.2) is 29.4 Å². The Morgan fingerprint density at radius 3 is 3.00 bits per heavy atom. The number of halogens is 1. The lowest BCUT2D eigenvalue weighted by molar-refractivity contribution is -0.122. The van der Waals surface area contributed by atoms with Crippen LogP contribution in [0.2, 0.25) is 5.02 Å². The molecule has 1 aliphatic heterocycles. The van der Waals surface area contributed by atoms with Crippen molar-refractivity contribution in [3.8, 4) is 0 Å². The number of carbonyl (C=O) groups excluding carboxylic acids is 2. The zero-order valence-electron chi connectivity index (χ0n) is 10.00. The van der Waals surface area contributed by atoms with Crippen LogP contribution in [0.5, 0.6) is 0 Å². The van der Waals surface area contributed by atoms with Crippen LogP contribution in [0, 0.1) is 6.92 Å². The van der Waals surface area contributed by atoms with E-state index in [2.05, 4.69) is 15.6 Å². The van der Waals surface area contributed by atoms with Gasteiger partial charge in [0.25, 0.3) is 5.91 Å². The van der Waals surface area contributed by atoms with Gasteiger partial charge in [0.05, 0.1) is 10.6 Å². The van der Waals surface area contributed by atoms with Gasteiger partial charge in [-0.25, -0.2) is 0 Å². The fraction of sp³-hybridized carbons (Fsp3) is 0.417. The van der Waals surface area contributed by atoms with Gasteiger partial charge in [-0.1, -0.05) is 11.6 Å². The summed E-state index contributed by atoms with van der Waals surface area (Å²) in [6.45, 7) is 2.27. The van der Waals surface area contributed by atoms with E-state index in [1.165, 1.54) is 6.20 Å². The smallest absolute Gasteiger partial charge is 0.254 e. The summed E-state index contributed by atoms with van der Waals surface area (Å²) >= 11 is 5.99. The Hall–Kier alpha value is -1.62. The minimum Gasteiger partial charge on any atom is -0.354 e. The first-order valence-electron chi connectivity index (χ1n) is 5.76. The third-order valence-electron chi connectivity index (χ3n) is 2.84. The molecule has 1 aromatic heterocycles. The molecule has 2 heterocycles. The van der Waals surface area contributed by atoms with E-state index < -0.39 is 0 Å². The lowest BCUT2D eigenvalue weighted by atomic mass is 10.1. The van der Waals surface area contributed by atoms with Crippen molar-refractivity contribution in [2.45, 2.75) is 25.8 Å². The summed E-state index contributed by atoms with van der Waals surface area (Å²) in [5, 5.41) is 5.94. The van der Waals surface area contributed by atoms with Gasteiger partial charge in [-0.3, -0.25) is 14.6 Å². The first-order valence-corrected chi connectivity index (χ1v) is 6.14. The second kappa shape index (κ2) is 5.35. The average Bonchev–Trinajstić information content (AvgIpc) is 2.32. The van der Waals surface area contributed by atoms with E-state index in [0.29, 0.717) is 30.0 Å². The molecule has 0 aromatic carbocycles. The van der Waals surface area contributed by atoms with Crippen LogP contribution in [-0.2, 0) is 4.79 Å². The number of carbonyl (C=O) groups is 2. The monoisotopic (exact) mass is 267 g/mol. The molecular weight excluding hydrogens is 254 g/mol. The van der Waals surface area contributed by atoms with Gasteiger partial charge in [0, 0.05) is 30.9 Å². The molecule has 6 heteroatoms. The number of rotatable bonds is 2. The Balaban J connectivity index is 2.01. The lowest BCUT2D eigenvalue weighted by Crippen LogP contribution is -2.47. The molecular formula is C12H14ClN3O2. The predicted octanol–water partition coefficient (Wildman–Crippen LogP) is 1.05. The minimum absolute atomic E-state index is 0.0236. The summed E-state index contributed by atoms with van der Waals surface area (Å²) in [7, 11) is 0. The lowest BCUT2D eigenvalue weighted by Gasteiger charge is -2.23. The maximum Gasteiger partial charge on any atom is 0.254 e. The molecule has 0 spiro atoms. The van der Waals surface area contributed by atoms with Gasteiger partial charge in [0.15, 0.2) is 0 Å². The summed E-state index contributed by atoms with van der Waals surface area (Å²) in [4.78, 5) is 27.0. The Morgan fingerprint density at radius 1 is 1.61 bits per heavy atom. The summed E-state index contributed by atoms with van der Waals surface area (Å²) in [6, 6.07) is 1.60. The standard InChI is InChI=1S/C12H14ClN3O2/c1-7-4-10(13)9(6-14-7)12(18)16-8-2-3-11(17)15-5-8/h4,6,8H,2-3,5H2,1H3,(H,15,17)(H,16,18). The van der Waals surface area contributed by atoms with Crippen molar-refractivity contribution >= 4 is 23.4 Å². The van der Waals surface area contributed by atoms with Crippen molar-refractivity contribution in [1.82, 2.24) is 15.6 Å². The number of nitrogens with one attached hydrogen (secondary N) is 2. The molecule has 1 aromatic rings. The Labute approximate surface area is 110 Å². The normalized spacial score (nSPS) is 19.2. The SMILES string of the molecule is Cc1cc(Cl)c(C(=O)NC2CCC(=O)NC2)cn1. The van der Waals surface area contributed by atoms with Gasteiger partial charge >= 0.3 is 0 Å². The number of hydrogen-bond donors (Lipinski definition) is 2. The molecule has 2 rings (SSSR count). The second-order valence-corrected chi connectivity index (χ2v) is 4.73. The molecule has 0 radical (unpaired) electrons. The molecule has 0 saturated carbocycles. The highest BCUT2D eigenvalue weighted by Gasteiger charge is 2.21. The zero-order valence-corrected chi connectivity index (χ0v) is 10.8. The molecule has 1 unspecified atom stereocenters. The second-order valence-electron chi connectivity index (χ2n) is 4.32. The van der Waals surface area contributed by atoms with Gasteiger partial charge in [-0.2, -0.15) is 0 Å². The minimum atomic E-state index is -0.256. The fourth-order valence-corrected chi connectivity index (χ4v) is 2.11. The number of nitrogens with zero attached hydrogens (tertiary/aromatic N) is 1. The Bertz CT molecular complexity index is 480. The molecule has 1 saturated heterocycles. The number of pyridine rings is 1. The van der Waals surface area contributed by atoms with Gasteiger partial charge in [-0.05, 0) is 19.4 Å². The van der Waals surface area contributed by atoms with Crippen molar-refractivity contribution < 1.29 is 9.59 Å². The van der Waals surface area contributed by atoms with Gasteiger partial charge in [0.1, 0.15) is 0 Å². The highest BCUT2D eigenvalue weighted by molar-refractivity contribution is 6.33. The Morgan fingerprint density at radius 2 is 2.39 bits per heavy atom. The molecule has 96 valence electrons. The largest absolute Gasteiger partial charge is 0.354 e. The molecule has 5 nitrogen and oxygen atoms in total. The van der Waals surface area contributed by atoms with E-state index in [9.17, 15) is 9.59 Å². The third kappa shape index (κ3) is 2.98. The van der Waals surface area contributed by atoms with Crippen LogP contribution in [0.4, 0.5) is 0 Å². The van der Waals surface area contributed by atoms with Crippen molar-refractivity contribution in [3.05, 3.63) is 28.5 Å². The number of hydrogen-bond acceptors (Lipinski definition) is 3. The highest BCUT2D eigenvalue weighted by Crippen LogP contribution is 2.16. The summed E-state index contributed by atoms with van der Waals surface area (Å²) in [6.07, 6.45) is 2.55. The van der Waals surface area contributed by atoms with Crippen LogP contribution in [0.3, 0.4) is 0 Å². The molecule has 18 heavy (non-hydrogen) atoms. The van der Waals surface area contributed by atoms with Crippen LogP contribution in [0.15, 0.2) is 12.3 Å². The van der Waals surface area contributed by atoms with Gasteiger partial charge < -0.3 is 10.6 Å². The highest BCUT2D eigenvalue weighted by atomic mass is 35.5. The molecule has 2 N–H and O–H groups in total. The molecule has 1 fully saturated rings. The number of aromatic nitrogens is 1. The predicted molar refractivity (Wildman–Crippen MR) is 67.5 cm³/mol. The van der Waals surface area contributed by atoms with Crippen LogP contribution < -0.4 is 10.6 Å². The molecule has 2 amide bonds. The summed E-state index contributed by atoms with van der Waals surface area (Å²) in [5.74, 6) is -0.232. The van der Waals surface area contributed by atoms with Crippen molar-refractivity contribution in [1.29, 1.82) is 0 Å². The van der Waals surface area contributed by atoms with Crippen LogP contribution in [0.1, 0.15) is 28.9 Å². The number of amides is 2. The average molecular weight is 268 g/mol. The van der Waals surface area contributed by atoms with E-state index in [-0.39, 0.29) is 17.9 Å². The maximum atomic E-state index is 12.0. The first kappa shape index (κ1) is 12.8. The van der Waals surface area contributed by atoms with Crippen molar-refractivity contribution in [2.24, 2.45) is 0 Å². The first-order chi connectivity index (χ1) is 8.56. The zero-order chi connectivity index (χ0) is 13.1. The van der Waals surface area contributed by atoms with Crippen molar-refractivity contribution in [3.63, 3.8) is 0 Å². The molecule has 0 bridgehead atoms. The van der Waals surface area contributed by atoms with Crippen molar-refractivity contribution in [2.75, 3.05) is 6.54 Å². The van der Waals surface area contributed by atoms with Crippen LogP contribution >= 0.6 is 11.6 Å². The van der Waals surface area contributed by atoms with E-state index >= 15 is 0 Å².